The van der Waals surface area contributed by atoms with Crippen molar-refractivity contribution in [2.24, 2.45) is 0 Å². The Bertz CT molecular complexity index is 699. The molecule has 0 aliphatic carbocycles. The molecule has 4 nitrogen and oxygen atoms in total. The van der Waals surface area contributed by atoms with Gasteiger partial charge in [0.25, 0.3) is 0 Å². The molecule has 0 atom stereocenters. The number of rotatable bonds is 3. The van der Waals surface area contributed by atoms with Gasteiger partial charge < -0.3 is 9.47 Å². The SMILES string of the molecule is COC(=O)c1cc(OC)cc(-c2cccc(C(F)(F)F)c2)n1. The summed E-state index contributed by atoms with van der Waals surface area (Å²) < 4.78 is 47.9. The van der Waals surface area contributed by atoms with Gasteiger partial charge in [0.15, 0.2) is 5.69 Å². The molecule has 2 aromatic rings. The molecule has 0 radical (unpaired) electrons. The van der Waals surface area contributed by atoms with Crippen LogP contribution in [0.5, 0.6) is 5.75 Å². The maximum Gasteiger partial charge on any atom is 0.416 e. The van der Waals surface area contributed by atoms with Crippen molar-refractivity contribution in [1.82, 2.24) is 4.98 Å². The number of hydrogen-bond acceptors (Lipinski definition) is 4. The summed E-state index contributed by atoms with van der Waals surface area (Å²) in [5, 5.41) is 0. The number of halogens is 3. The highest BCUT2D eigenvalue weighted by atomic mass is 19.4. The number of esters is 1. The third-order valence-corrected chi connectivity index (χ3v) is 2.91. The van der Waals surface area contributed by atoms with Crippen molar-refractivity contribution in [2.75, 3.05) is 14.2 Å². The van der Waals surface area contributed by atoms with Crippen LogP contribution in [0.2, 0.25) is 0 Å². The number of carbonyl (C=O) groups excluding carboxylic acids is 1. The summed E-state index contributed by atoms with van der Waals surface area (Å²) in [5.74, 6) is -0.407. The molecule has 116 valence electrons. The Labute approximate surface area is 124 Å². The average Bonchev–Trinajstić information content (AvgIpc) is 2.52. The van der Waals surface area contributed by atoms with Crippen LogP contribution in [0.3, 0.4) is 0 Å². The normalized spacial score (nSPS) is 11.1. The van der Waals surface area contributed by atoms with Gasteiger partial charge in [-0.2, -0.15) is 13.2 Å². The number of methoxy groups -OCH3 is 2. The van der Waals surface area contributed by atoms with Gasteiger partial charge in [-0.25, -0.2) is 9.78 Å². The van der Waals surface area contributed by atoms with E-state index in [1.807, 2.05) is 0 Å². The van der Waals surface area contributed by atoms with Crippen LogP contribution < -0.4 is 4.74 Å². The van der Waals surface area contributed by atoms with Crippen LogP contribution in [0.1, 0.15) is 16.1 Å². The van der Waals surface area contributed by atoms with Crippen LogP contribution in [0, 0.1) is 0 Å². The molecule has 0 spiro atoms. The van der Waals surface area contributed by atoms with Crippen molar-refractivity contribution in [3.8, 4) is 17.0 Å². The van der Waals surface area contributed by atoms with Crippen LogP contribution in [-0.2, 0) is 10.9 Å². The van der Waals surface area contributed by atoms with E-state index in [9.17, 15) is 18.0 Å². The molecule has 1 heterocycles. The number of hydrogen-bond donors (Lipinski definition) is 0. The molecule has 0 fully saturated rings. The van der Waals surface area contributed by atoms with Gasteiger partial charge in [0.2, 0.25) is 0 Å². The van der Waals surface area contributed by atoms with Crippen LogP contribution >= 0.6 is 0 Å². The highest BCUT2D eigenvalue weighted by Gasteiger charge is 2.30. The summed E-state index contributed by atoms with van der Waals surface area (Å²) >= 11 is 0. The van der Waals surface area contributed by atoms with Crippen molar-refractivity contribution >= 4 is 5.97 Å². The second kappa shape index (κ2) is 6.05. The molecule has 0 N–H and O–H groups in total. The van der Waals surface area contributed by atoms with E-state index >= 15 is 0 Å². The molecule has 0 amide bonds. The Balaban J connectivity index is 2.54. The number of carbonyl (C=O) groups is 1. The quantitative estimate of drug-likeness (QED) is 0.813. The predicted molar refractivity (Wildman–Crippen MR) is 72.6 cm³/mol. The molecule has 0 bridgehead atoms. The molecule has 0 unspecified atom stereocenters. The zero-order valence-electron chi connectivity index (χ0n) is 11.8. The highest BCUT2D eigenvalue weighted by Crippen LogP contribution is 2.32. The van der Waals surface area contributed by atoms with Gasteiger partial charge in [0.1, 0.15) is 5.75 Å². The smallest absolute Gasteiger partial charge is 0.416 e. The molecular formula is C15H12F3NO3. The largest absolute Gasteiger partial charge is 0.497 e. The fourth-order valence-electron chi connectivity index (χ4n) is 1.84. The van der Waals surface area contributed by atoms with Gasteiger partial charge in [-0.3, -0.25) is 0 Å². The summed E-state index contributed by atoms with van der Waals surface area (Å²) in [5.41, 5.74) is -0.437. The topological polar surface area (TPSA) is 48.4 Å². The highest BCUT2D eigenvalue weighted by molar-refractivity contribution is 5.88. The first-order valence-corrected chi connectivity index (χ1v) is 6.17. The Hall–Kier alpha value is -2.57. The number of aromatic nitrogens is 1. The number of nitrogens with zero attached hydrogens (tertiary/aromatic N) is 1. The number of pyridine rings is 1. The number of alkyl halides is 3. The van der Waals surface area contributed by atoms with Gasteiger partial charge in [-0.05, 0) is 12.1 Å². The first kappa shape index (κ1) is 15.8. The van der Waals surface area contributed by atoms with Crippen molar-refractivity contribution in [1.29, 1.82) is 0 Å². The van der Waals surface area contributed by atoms with E-state index in [4.69, 9.17) is 4.74 Å². The summed E-state index contributed by atoms with van der Waals surface area (Å²) in [6, 6.07) is 7.47. The molecule has 0 aliphatic heterocycles. The van der Waals surface area contributed by atoms with Crippen LogP contribution in [0.4, 0.5) is 13.2 Å². The van der Waals surface area contributed by atoms with Crippen molar-refractivity contribution < 1.29 is 27.4 Å². The lowest BCUT2D eigenvalue weighted by Gasteiger charge is -2.10. The number of ether oxygens (including phenoxy) is 2. The van der Waals surface area contributed by atoms with E-state index < -0.39 is 17.7 Å². The Morgan fingerprint density at radius 2 is 1.86 bits per heavy atom. The van der Waals surface area contributed by atoms with Gasteiger partial charge in [0.05, 0.1) is 25.5 Å². The van der Waals surface area contributed by atoms with Crippen molar-refractivity contribution in [2.45, 2.75) is 6.18 Å². The zero-order valence-corrected chi connectivity index (χ0v) is 11.8. The fourth-order valence-corrected chi connectivity index (χ4v) is 1.84. The maximum atomic E-state index is 12.8. The Morgan fingerprint density at radius 3 is 2.45 bits per heavy atom. The minimum atomic E-state index is -4.46. The monoisotopic (exact) mass is 311 g/mol. The molecule has 0 saturated carbocycles. The third kappa shape index (κ3) is 3.36. The lowest BCUT2D eigenvalue weighted by molar-refractivity contribution is -0.137. The predicted octanol–water partition coefficient (Wildman–Crippen LogP) is 3.56. The van der Waals surface area contributed by atoms with E-state index in [-0.39, 0.29) is 17.0 Å². The second-order valence-corrected chi connectivity index (χ2v) is 4.35. The first-order chi connectivity index (χ1) is 10.3. The minimum absolute atomic E-state index is 0.0470. The van der Waals surface area contributed by atoms with E-state index in [1.54, 1.807) is 0 Å². The van der Waals surface area contributed by atoms with Gasteiger partial charge in [-0.15, -0.1) is 0 Å². The van der Waals surface area contributed by atoms with Gasteiger partial charge in [-0.1, -0.05) is 12.1 Å². The standard InChI is InChI=1S/C15H12F3NO3/c1-21-11-7-12(19-13(8-11)14(20)22-2)9-4-3-5-10(6-9)15(16,17)18/h3-8H,1-2H3. The van der Waals surface area contributed by atoms with Gasteiger partial charge in [0, 0.05) is 17.7 Å². The van der Waals surface area contributed by atoms with E-state index in [2.05, 4.69) is 9.72 Å². The van der Waals surface area contributed by atoms with Crippen molar-refractivity contribution in [3.05, 3.63) is 47.7 Å². The molecule has 0 aliphatic rings. The fraction of sp³-hybridized carbons (Fsp3) is 0.200. The summed E-state index contributed by atoms with van der Waals surface area (Å²) in [6.07, 6.45) is -4.46. The summed E-state index contributed by atoms with van der Waals surface area (Å²) in [4.78, 5) is 15.6. The maximum absolute atomic E-state index is 12.8. The first-order valence-electron chi connectivity index (χ1n) is 6.17. The zero-order chi connectivity index (χ0) is 16.3. The Morgan fingerprint density at radius 1 is 1.14 bits per heavy atom. The summed E-state index contributed by atoms with van der Waals surface area (Å²) in [7, 11) is 2.57. The molecule has 2 rings (SSSR count). The molecule has 1 aromatic heterocycles. The number of benzene rings is 1. The lowest BCUT2D eigenvalue weighted by Crippen LogP contribution is -2.07. The summed E-state index contributed by atoms with van der Waals surface area (Å²) in [6.45, 7) is 0. The molecule has 22 heavy (non-hydrogen) atoms. The molecule has 1 aromatic carbocycles. The third-order valence-electron chi connectivity index (χ3n) is 2.91. The Kier molecular flexibility index (Phi) is 4.35. The minimum Gasteiger partial charge on any atom is -0.497 e. The van der Waals surface area contributed by atoms with E-state index in [0.717, 1.165) is 12.1 Å². The van der Waals surface area contributed by atoms with Crippen LogP contribution in [0.25, 0.3) is 11.3 Å². The van der Waals surface area contributed by atoms with Crippen molar-refractivity contribution in [3.63, 3.8) is 0 Å². The average molecular weight is 311 g/mol. The molecule has 7 heteroatoms. The van der Waals surface area contributed by atoms with E-state index in [1.165, 1.54) is 38.5 Å². The molecule has 0 saturated heterocycles. The lowest BCUT2D eigenvalue weighted by atomic mass is 10.1. The van der Waals surface area contributed by atoms with Gasteiger partial charge >= 0.3 is 12.1 Å². The van der Waals surface area contributed by atoms with Crippen LogP contribution in [0.15, 0.2) is 36.4 Å². The van der Waals surface area contributed by atoms with E-state index in [0.29, 0.717) is 5.75 Å². The second-order valence-electron chi connectivity index (χ2n) is 4.35. The molecular weight excluding hydrogens is 299 g/mol. The van der Waals surface area contributed by atoms with Crippen LogP contribution in [-0.4, -0.2) is 25.2 Å².